The molecule has 0 saturated carbocycles. The summed E-state index contributed by atoms with van der Waals surface area (Å²) in [6.45, 7) is 4.46. The molecule has 2 N–H and O–H groups in total. The highest BCUT2D eigenvalue weighted by atomic mass is 32.2. The Morgan fingerprint density at radius 1 is 1.03 bits per heavy atom. The average molecular weight is 478 g/mol. The number of hydrogen-bond acceptors (Lipinski definition) is 7. The van der Waals surface area contributed by atoms with E-state index in [9.17, 15) is 18.0 Å². The maximum absolute atomic E-state index is 13.1. The molecule has 2 aromatic carbocycles. The van der Waals surface area contributed by atoms with Gasteiger partial charge in [0, 0.05) is 18.7 Å². The quantitative estimate of drug-likeness (QED) is 0.574. The molecule has 3 rings (SSSR count). The van der Waals surface area contributed by atoms with Crippen molar-refractivity contribution in [3.05, 3.63) is 53.1 Å². The minimum absolute atomic E-state index is 0.0402. The Balaban J connectivity index is 1.65. The number of methoxy groups -OCH3 is 1. The Kier molecular flexibility index (Phi) is 7.90. The van der Waals surface area contributed by atoms with Gasteiger partial charge in [0.05, 0.1) is 20.3 Å². The lowest BCUT2D eigenvalue weighted by atomic mass is 10.1. The van der Waals surface area contributed by atoms with Crippen molar-refractivity contribution in [2.45, 2.75) is 18.7 Å². The minimum atomic E-state index is -3.90. The number of hydrazine groups is 1. The number of sulfonamides is 1. The van der Waals surface area contributed by atoms with Gasteiger partial charge in [0.15, 0.2) is 6.61 Å². The van der Waals surface area contributed by atoms with Crippen LogP contribution in [0.1, 0.15) is 21.5 Å². The first-order valence-electron chi connectivity index (χ1n) is 10.3. The number of nitrogens with zero attached hydrogens (tertiary/aromatic N) is 1. The Labute approximate surface area is 192 Å². The zero-order chi connectivity index (χ0) is 24.0. The van der Waals surface area contributed by atoms with E-state index in [2.05, 4.69) is 10.9 Å². The molecule has 11 heteroatoms. The predicted octanol–water partition coefficient (Wildman–Crippen LogP) is 1.17. The molecule has 1 saturated heterocycles. The highest BCUT2D eigenvalue weighted by Crippen LogP contribution is 2.28. The van der Waals surface area contributed by atoms with Crippen LogP contribution >= 0.6 is 0 Å². The topological polar surface area (TPSA) is 123 Å². The van der Waals surface area contributed by atoms with E-state index in [1.807, 2.05) is 32.0 Å². The molecule has 33 heavy (non-hydrogen) atoms. The summed E-state index contributed by atoms with van der Waals surface area (Å²) in [7, 11) is -2.55. The van der Waals surface area contributed by atoms with Gasteiger partial charge in [-0.25, -0.2) is 8.42 Å². The number of morpholine rings is 1. The maximum atomic E-state index is 13.1. The van der Waals surface area contributed by atoms with Crippen LogP contribution in [0.2, 0.25) is 0 Å². The van der Waals surface area contributed by atoms with Crippen LogP contribution in [0.4, 0.5) is 0 Å². The van der Waals surface area contributed by atoms with Crippen molar-refractivity contribution in [1.82, 2.24) is 15.2 Å². The standard InChI is InChI=1S/C22H27N3O7S/c1-15-4-5-16(2)19(12-15)32-14-21(26)23-24-22(27)17-6-7-18(30-3)20(13-17)33(28,29)25-8-10-31-11-9-25/h4-7,12-13H,8-11,14H2,1-3H3,(H,23,26)(H,24,27). The molecule has 2 aromatic rings. The van der Waals surface area contributed by atoms with Crippen LogP contribution in [0.3, 0.4) is 0 Å². The highest BCUT2D eigenvalue weighted by Gasteiger charge is 2.30. The number of aryl methyl sites for hydroxylation is 2. The van der Waals surface area contributed by atoms with Crippen molar-refractivity contribution >= 4 is 21.8 Å². The fraction of sp³-hybridized carbons (Fsp3) is 0.364. The van der Waals surface area contributed by atoms with Crippen LogP contribution in [-0.2, 0) is 19.6 Å². The molecule has 0 radical (unpaired) electrons. The second-order valence-corrected chi connectivity index (χ2v) is 9.35. The van der Waals surface area contributed by atoms with Gasteiger partial charge in [0.25, 0.3) is 11.8 Å². The van der Waals surface area contributed by atoms with Gasteiger partial charge in [-0.05, 0) is 49.2 Å². The molecule has 1 aliphatic rings. The summed E-state index contributed by atoms with van der Waals surface area (Å²) >= 11 is 0. The molecule has 1 fully saturated rings. The van der Waals surface area contributed by atoms with Crippen LogP contribution < -0.4 is 20.3 Å². The Bertz CT molecular complexity index is 1130. The predicted molar refractivity (Wildman–Crippen MR) is 120 cm³/mol. The fourth-order valence-corrected chi connectivity index (χ4v) is 4.78. The highest BCUT2D eigenvalue weighted by molar-refractivity contribution is 7.89. The Morgan fingerprint density at radius 2 is 1.76 bits per heavy atom. The summed E-state index contributed by atoms with van der Waals surface area (Å²) in [5.74, 6) is -0.566. The van der Waals surface area contributed by atoms with E-state index in [-0.39, 0.29) is 49.1 Å². The molecular weight excluding hydrogens is 450 g/mol. The summed E-state index contributed by atoms with van der Waals surface area (Å²) in [5, 5.41) is 0. The van der Waals surface area contributed by atoms with E-state index in [1.54, 1.807) is 0 Å². The number of carbonyl (C=O) groups excluding carboxylic acids is 2. The molecular formula is C22H27N3O7S. The summed E-state index contributed by atoms with van der Waals surface area (Å²) in [6, 6.07) is 9.66. The normalized spacial score (nSPS) is 14.4. The monoisotopic (exact) mass is 477 g/mol. The van der Waals surface area contributed by atoms with Crippen LogP contribution in [0.5, 0.6) is 11.5 Å². The lowest BCUT2D eigenvalue weighted by Crippen LogP contribution is -2.44. The van der Waals surface area contributed by atoms with Gasteiger partial charge in [0.2, 0.25) is 10.0 Å². The second-order valence-electron chi connectivity index (χ2n) is 7.44. The second kappa shape index (κ2) is 10.6. The SMILES string of the molecule is COc1ccc(C(=O)NNC(=O)COc2cc(C)ccc2C)cc1S(=O)(=O)N1CCOCC1. The number of amides is 2. The first-order valence-corrected chi connectivity index (χ1v) is 11.7. The van der Waals surface area contributed by atoms with Gasteiger partial charge < -0.3 is 14.2 Å². The molecule has 10 nitrogen and oxygen atoms in total. The van der Waals surface area contributed by atoms with E-state index in [1.165, 1.54) is 29.6 Å². The van der Waals surface area contributed by atoms with E-state index in [4.69, 9.17) is 14.2 Å². The number of nitrogens with one attached hydrogen (secondary N) is 2. The lowest BCUT2D eigenvalue weighted by Gasteiger charge is -2.26. The smallest absolute Gasteiger partial charge is 0.276 e. The zero-order valence-electron chi connectivity index (χ0n) is 18.7. The third-order valence-corrected chi connectivity index (χ3v) is 6.95. The molecule has 0 aromatic heterocycles. The molecule has 0 atom stereocenters. The molecule has 0 unspecified atom stereocenters. The van der Waals surface area contributed by atoms with Crippen LogP contribution in [-0.4, -0.2) is 64.6 Å². The van der Waals surface area contributed by atoms with Gasteiger partial charge in [-0.1, -0.05) is 12.1 Å². The van der Waals surface area contributed by atoms with Crippen molar-refractivity contribution in [3.63, 3.8) is 0 Å². The summed E-state index contributed by atoms with van der Waals surface area (Å²) < 4.78 is 43.3. The average Bonchev–Trinajstić information content (AvgIpc) is 2.83. The first kappa shape index (κ1) is 24.5. The number of hydrogen-bond donors (Lipinski definition) is 2. The van der Waals surface area contributed by atoms with E-state index < -0.39 is 21.8 Å². The van der Waals surface area contributed by atoms with E-state index in [0.717, 1.165) is 11.1 Å². The number of benzene rings is 2. The van der Waals surface area contributed by atoms with E-state index in [0.29, 0.717) is 5.75 Å². The third kappa shape index (κ3) is 6.01. The molecule has 2 amide bonds. The molecule has 178 valence electrons. The largest absolute Gasteiger partial charge is 0.495 e. The maximum Gasteiger partial charge on any atom is 0.276 e. The van der Waals surface area contributed by atoms with Gasteiger partial charge in [-0.2, -0.15) is 4.31 Å². The van der Waals surface area contributed by atoms with Crippen LogP contribution in [0, 0.1) is 13.8 Å². The third-order valence-electron chi connectivity index (χ3n) is 5.03. The van der Waals surface area contributed by atoms with E-state index >= 15 is 0 Å². The number of ether oxygens (including phenoxy) is 3. The van der Waals surface area contributed by atoms with Crippen LogP contribution in [0.25, 0.3) is 0 Å². The lowest BCUT2D eigenvalue weighted by molar-refractivity contribution is -0.123. The number of rotatable bonds is 7. The molecule has 0 aliphatic carbocycles. The molecule has 0 spiro atoms. The minimum Gasteiger partial charge on any atom is -0.495 e. The Hall–Kier alpha value is -3.15. The summed E-state index contributed by atoms with van der Waals surface area (Å²) in [5.41, 5.74) is 6.45. The van der Waals surface area contributed by atoms with Gasteiger partial charge in [0.1, 0.15) is 16.4 Å². The molecule has 0 bridgehead atoms. The molecule has 1 aliphatic heterocycles. The fourth-order valence-electron chi connectivity index (χ4n) is 3.19. The van der Waals surface area contributed by atoms with Crippen molar-refractivity contribution in [2.24, 2.45) is 0 Å². The van der Waals surface area contributed by atoms with Crippen molar-refractivity contribution in [3.8, 4) is 11.5 Å². The first-order chi connectivity index (χ1) is 15.7. The molecule has 1 heterocycles. The van der Waals surface area contributed by atoms with Crippen molar-refractivity contribution in [2.75, 3.05) is 40.0 Å². The summed E-state index contributed by atoms with van der Waals surface area (Å²) in [4.78, 5) is 24.5. The number of carbonyl (C=O) groups is 2. The van der Waals surface area contributed by atoms with Crippen molar-refractivity contribution in [1.29, 1.82) is 0 Å². The van der Waals surface area contributed by atoms with Gasteiger partial charge in [-0.3, -0.25) is 20.4 Å². The van der Waals surface area contributed by atoms with Crippen molar-refractivity contribution < 1.29 is 32.2 Å². The van der Waals surface area contributed by atoms with Gasteiger partial charge in [-0.15, -0.1) is 0 Å². The summed E-state index contributed by atoms with van der Waals surface area (Å²) in [6.07, 6.45) is 0. The Morgan fingerprint density at radius 3 is 2.45 bits per heavy atom. The van der Waals surface area contributed by atoms with Gasteiger partial charge >= 0.3 is 0 Å². The van der Waals surface area contributed by atoms with Crippen LogP contribution in [0.15, 0.2) is 41.3 Å². The zero-order valence-corrected chi connectivity index (χ0v) is 19.5.